The van der Waals surface area contributed by atoms with Crippen LogP contribution in [0.1, 0.15) is 85.6 Å². The number of phenolic OH excluding ortho intramolecular Hbond substituents is 2. The Morgan fingerprint density at radius 3 is 1.90 bits per heavy atom. The number of hydrogen-bond acceptors (Lipinski definition) is 14. The number of benzene rings is 2. The Hall–Kier alpha value is -6.85. The van der Waals surface area contributed by atoms with Crippen LogP contribution in [0.25, 0.3) is 0 Å². The van der Waals surface area contributed by atoms with Crippen molar-refractivity contribution in [3.8, 4) is 11.5 Å². The lowest BCUT2D eigenvalue weighted by Gasteiger charge is -2.27. The number of rotatable bonds is 32. The molecule has 2 aromatic carbocycles. The van der Waals surface area contributed by atoms with Gasteiger partial charge in [0, 0.05) is 69.5 Å². The van der Waals surface area contributed by atoms with Gasteiger partial charge in [0.1, 0.15) is 17.5 Å². The maximum absolute atomic E-state index is 12.7. The molecule has 0 bridgehead atoms. The first-order valence-corrected chi connectivity index (χ1v) is 21.5. The van der Waals surface area contributed by atoms with Crippen LogP contribution in [0.2, 0.25) is 0 Å². The quantitative estimate of drug-likeness (QED) is 0.0349. The van der Waals surface area contributed by atoms with Gasteiger partial charge in [-0.3, -0.25) is 48.2 Å². The minimum Gasteiger partial charge on any atom is -0.508 e. The lowest BCUT2D eigenvalue weighted by Crippen LogP contribution is -2.46. The van der Waals surface area contributed by atoms with E-state index in [1.807, 2.05) is 0 Å². The summed E-state index contributed by atoms with van der Waals surface area (Å²) in [5.41, 5.74) is 6.89. The van der Waals surface area contributed by atoms with E-state index in [0.717, 1.165) is 0 Å². The van der Waals surface area contributed by atoms with E-state index < -0.39 is 97.1 Å². The number of aliphatic carboxylic acids is 6. The molecule has 1 fully saturated rings. The number of carboxylic acids is 6. The second kappa shape index (κ2) is 25.7. The summed E-state index contributed by atoms with van der Waals surface area (Å²) in [6, 6.07) is 6.40. The molecule has 4 atom stereocenters. The third-order valence-corrected chi connectivity index (χ3v) is 11.3. The maximum Gasteiger partial charge on any atom is 0.326 e. The van der Waals surface area contributed by atoms with Crippen LogP contribution in [0.5, 0.6) is 11.5 Å². The number of carbonyl (C=O) groups excluding carboxylic acids is 3. The lowest BCUT2D eigenvalue weighted by atomic mass is 9.96. The normalized spacial score (nSPS) is 16.1. The molecule has 1 aliphatic carbocycles. The average Bonchev–Trinajstić information content (AvgIpc) is 3.97. The Kier molecular flexibility index (Phi) is 20.9. The number of unbranched alkanes of at least 4 members (excludes halogenated alkanes) is 1. The highest BCUT2D eigenvalue weighted by Crippen LogP contribution is 2.56. The number of carbonyl (C=O) groups is 9. The van der Waals surface area contributed by atoms with Gasteiger partial charge < -0.3 is 62.5 Å². The molecular weight excluding hydrogens is 885 g/mol. The molecule has 0 radical (unpaired) electrons. The number of aromatic hydroxyl groups is 2. The molecule has 368 valence electrons. The molecule has 67 heavy (non-hydrogen) atoms. The van der Waals surface area contributed by atoms with Crippen molar-refractivity contribution < 1.29 is 84.0 Å². The lowest BCUT2D eigenvalue weighted by molar-refractivity contribution is -0.147. The third kappa shape index (κ3) is 18.5. The minimum atomic E-state index is -1.65. The van der Waals surface area contributed by atoms with E-state index in [0.29, 0.717) is 40.7 Å². The first kappa shape index (κ1) is 54.5. The molecule has 0 aliphatic heterocycles. The summed E-state index contributed by atoms with van der Waals surface area (Å²) in [7, 11) is 0. The zero-order valence-corrected chi connectivity index (χ0v) is 37.1. The van der Waals surface area contributed by atoms with Crippen LogP contribution in [0.3, 0.4) is 0 Å². The zero-order valence-electron chi connectivity index (χ0n) is 37.1. The van der Waals surface area contributed by atoms with Gasteiger partial charge in [0.05, 0.1) is 30.6 Å². The highest BCUT2D eigenvalue weighted by molar-refractivity contribution is 5.94. The minimum absolute atomic E-state index is 0.0163. The van der Waals surface area contributed by atoms with Crippen LogP contribution in [0, 0.1) is 18.3 Å². The molecule has 0 saturated heterocycles. The van der Waals surface area contributed by atoms with E-state index >= 15 is 0 Å². The predicted octanol–water partition coefficient (Wildman–Crippen LogP) is 0.432. The molecule has 0 aromatic heterocycles. The zero-order chi connectivity index (χ0) is 50.0. The molecule has 1 aliphatic rings. The van der Waals surface area contributed by atoms with E-state index in [-0.39, 0.29) is 95.1 Å². The molecule has 3 amide bonds. The highest BCUT2D eigenvalue weighted by atomic mass is 16.4. The summed E-state index contributed by atoms with van der Waals surface area (Å²) in [4.78, 5) is 110. The summed E-state index contributed by atoms with van der Waals surface area (Å²) in [5.74, 6) is -10.5. The predicted molar refractivity (Wildman–Crippen MR) is 233 cm³/mol. The molecule has 13 N–H and O–H groups in total. The van der Waals surface area contributed by atoms with Crippen LogP contribution in [0.4, 0.5) is 0 Å². The maximum atomic E-state index is 12.7. The van der Waals surface area contributed by atoms with Gasteiger partial charge in [-0.2, -0.15) is 0 Å². The first-order valence-electron chi connectivity index (χ1n) is 21.5. The Balaban J connectivity index is 1.46. The molecule has 3 rings (SSSR count). The number of nitrogens with zero attached hydrogens (tertiary/aromatic N) is 2. The van der Waals surface area contributed by atoms with Crippen LogP contribution in [-0.4, -0.2) is 149 Å². The Bertz CT molecular complexity index is 2150. The van der Waals surface area contributed by atoms with Gasteiger partial charge in [-0.1, -0.05) is 24.3 Å². The van der Waals surface area contributed by atoms with Crippen molar-refractivity contribution in [2.75, 3.05) is 32.7 Å². The van der Waals surface area contributed by atoms with E-state index in [4.69, 9.17) is 15.9 Å². The molecule has 0 heterocycles. The fourth-order valence-corrected chi connectivity index (χ4v) is 7.65. The summed E-state index contributed by atoms with van der Waals surface area (Å²) in [6.45, 7) is 0.973. The van der Waals surface area contributed by atoms with Gasteiger partial charge >= 0.3 is 35.8 Å². The van der Waals surface area contributed by atoms with Gasteiger partial charge in [0.25, 0.3) is 0 Å². The molecule has 23 heteroatoms. The third-order valence-electron chi connectivity index (χ3n) is 11.3. The SMILES string of the molecule is Cc1cc(CCC(=O)O)cc(CN(CCN(CC(=O)O)Cc2cc(CCC(=O)NCCCCC(=O)N[C@H](N)CC3(C(=O)O)CC3C(=O)N[C@@H](CCC(=O)O)C(=O)O)ccc2O)CC(=O)O)c1O. The van der Waals surface area contributed by atoms with E-state index in [1.165, 1.54) is 15.9 Å². The molecule has 2 unspecified atom stereocenters. The van der Waals surface area contributed by atoms with Crippen molar-refractivity contribution in [3.63, 3.8) is 0 Å². The molecule has 2 aromatic rings. The number of nitrogens with one attached hydrogen (secondary N) is 3. The van der Waals surface area contributed by atoms with E-state index in [1.54, 1.807) is 31.2 Å². The van der Waals surface area contributed by atoms with E-state index in [2.05, 4.69) is 16.0 Å². The second-order valence-corrected chi connectivity index (χ2v) is 16.7. The highest BCUT2D eigenvalue weighted by Gasteiger charge is 2.64. The monoisotopic (exact) mass is 944 g/mol. The molecular formula is C44H60N6O17. The Morgan fingerprint density at radius 1 is 0.716 bits per heavy atom. The van der Waals surface area contributed by atoms with Crippen LogP contribution in [0.15, 0.2) is 30.3 Å². The number of amides is 3. The Morgan fingerprint density at radius 2 is 1.31 bits per heavy atom. The number of phenols is 2. The van der Waals surface area contributed by atoms with Crippen molar-refractivity contribution in [3.05, 3.63) is 58.1 Å². The summed E-state index contributed by atoms with van der Waals surface area (Å²) in [5, 5.41) is 85.2. The van der Waals surface area contributed by atoms with Crippen LogP contribution < -0.4 is 21.7 Å². The molecule has 23 nitrogen and oxygen atoms in total. The van der Waals surface area contributed by atoms with Gasteiger partial charge in [-0.05, 0) is 74.6 Å². The van der Waals surface area contributed by atoms with Crippen molar-refractivity contribution in [1.29, 1.82) is 0 Å². The van der Waals surface area contributed by atoms with Gasteiger partial charge in [-0.25, -0.2) is 4.79 Å². The standard InChI is InChI=1S/C44H60N6O17/c1-25-16-27(7-11-36(54)55)18-29(40(25)62)22-50(24-39(60)61)15-14-49(23-38(58)59)21-28-17-26(5-9-32(28)51)6-10-34(52)46-13-3-2-4-35(53)48-33(45)20-44(43(66)67)19-30(44)41(63)47-31(42(64)65)8-12-37(56)57/h5,9,16-18,30-31,33,51,62H,2-4,6-8,10-15,19-24,45H2,1H3,(H,46,52)(H,47,63)(H,48,53)(H,54,55)(H,56,57)(H,58,59)(H,60,61)(H,64,65)(H,66,67)/t30?,31-,33-,44?/m0/s1. The number of nitrogens with two attached hydrogens (primary N) is 1. The van der Waals surface area contributed by atoms with Crippen molar-refractivity contribution in [1.82, 2.24) is 25.8 Å². The second-order valence-electron chi connectivity index (χ2n) is 16.7. The average molecular weight is 945 g/mol. The largest absolute Gasteiger partial charge is 0.508 e. The fraction of sp³-hybridized carbons (Fsp3) is 0.523. The fourth-order valence-electron chi connectivity index (χ4n) is 7.65. The Labute approximate surface area is 384 Å². The van der Waals surface area contributed by atoms with Crippen molar-refractivity contribution >= 4 is 53.5 Å². The first-order chi connectivity index (χ1) is 31.5. The smallest absolute Gasteiger partial charge is 0.326 e. The van der Waals surface area contributed by atoms with E-state index in [9.17, 15) is 73.8 Å². The molecule has 1 saturated carbocycles. The van der Waals surface area contributed by atoms with Crippen LogP contribution >= 0.6 is 0 Å². The van der Waals surface area contributed by atoms with Gasteiger partial charge in [-0.15, -0.1) is 0 Å². The number of aryl methyl sites for hydroxylation is 3. The number of hydrogen-bond donors (Lipinski definition) is 12. The van der Waals surface area contributed by atoms with Crippen LogP contribution in [-0.2, 0) is 69.1 Å². The summed E-state index contributed by atoms with van der Waals surface area (Å²) in [6.07, 6.45) is -1.51. The summed E-state index contributed by atoms with van der Waals surface area (Å²) >= 11 is 0. The van der Waals surface area contributed by atoms with Crippen molar-refractivity contribution in [2.45, 2.75) is 103 Å². The van der Waals surface area contributed by atoms with Gasteiger partial charge in [0.2, 0.25) is 17.7 Å². The number of carboxylic acid groups (broad SMARTS) is 6. The van der Waals surface area contributed by atoms with Crippen molar-refractivity contribution in [2.24, 2.45) is 17.1 Å². The van der Waals surface area contributed by atoms with Gasteiger partial charge in [0.15, 0.2) is 0 Å². The molecule has 0 spiro atoms. The topological polar surface area (TPSA) is 384 Å². The summed E-state index contributed by atoms with van der Waals surface area (Å²) < 4.78 is 0.